The molecule has 2 saturated carbocycles. The number of amides is 1. The Morgan fingerprint density at radius 2 is 0.556 bits per heavy atom. The van der Waals surface area contributed by atoms with Crippen LogP contribution in [0.2, 0.25) is 6.82 Å². The van der Waals surface area contributed by atoms with Gasteiger partial charge in [-0.3, -0.25) is 24.1 Å². The third kappa shape index (κ3) is 34.9. The summed E-state index contributed by atoms with van der Waals surface area (Å²) in [7, 11) is 3.51. The number of hydrogen-bond donors (Lipinski definition) is 6. The van der Waals surface area contributed by atoms with Gasteiger partial charge in [-0.15, -0.1) is 0 Å². The first-order valence-electron chi connectivity index (χ1n) is 45.6. The lowest BCUT2D eigenvalue weighted by Crippen LogP contribution is -2.54. The summed E-state index contributed by atoms with van der Waals surface area (Å²) < 4.78 is 151. The minimum Gasteiger partial charge on any atom is -0.497 e. The normalized spacial score (nSPS) is 15.9. The maximum Gasteiger partial charge on any atom is 0.471 e. The van der Waals surface area contributed by atoms with Gasteiger partial charge in [-0.25, -0.2) is 0 Å². The molecule has 0 aliphatic heterocycles. The van der Waals surface area contributed by atoms with Gasteiger partial charge in [0.2, 0.25) is 23.1 Å². The molecule has 144 heavy (non-hydrogen) atoms. The van der Waals surface area contributed by atoms with Crippen LogP contribution in [0.15, 0.2) is 344 Å². The second-order valence-corrected chi connectivity index (χ2v) is 50.8. The summed E-state index contributed by atoms with van der Waals surface area (Å²) in [5, 5.41) is 25.1. The van der Waals surface area contributed by atoms with Crippen LogP contribution in [-0.4, -0.2) is 158 Å². The van der Waals surface area contributed by atoms with Gasteiger partial charge in [0, 0.05) is 115 Å². The quantitative estimate of drug-likeness (QED) is 0.0180. The van der Waals surface area contributed by atoms with Crippen molar-refractivity contribution in [3.63, 3.8) is 0 Å². The van der Waals surface area contributed by atoms with E-state index in [2.05, 4.69) is 67.7 Å². The van der Waals surface area contributed by atoms with Crippen LogP contribution in [0, 0.1) is 0 Å². The SMILES string of the molecule is COc1ccc(-c2ccc(Br)cc2)cc1.COc1ccc(-c2ccc(P(C)(=O)Cl)cc2)cc1.COc1ccc(-c2ccc(P(C)(=O)NC3CC(NB(C)O)C3)cc2)cc1.COc1ccc(-c2ccc(P(C)(=O)NC3CC(NC(=O)C(F)(F)F)C3)cc2)cc1.COc1ccc(-c2ccc(P(C)(=O)O)cc2)cc1.COc1ccc(-c2ccc(P(C)(=O)OC)cc2)cc1.COc1ccc(-c2ccc(P(OC)OC)cc2)cc1. The van der Waals surface area contributed by atoms with Gasteiger partial charge < -0.3 is 80.9 Å². The molecule has 1 amide bonds. The molecule has 2 fully saturated rings. The maximum absolute atomic E-state index is 13.1. The second-order valence-electron chi connectivity index (χ2n) is 33.9. The highest BCUT2D eigenvalue weighted by molar-refractivity contribution is 9.10. The number of methoxy groups -OCH3 is 7. The molecule has 2 aliphatic carbocycles. The van der Waals surface area contributed by atoms with E-state index in [1.165, 1.54) is 24.9 Å². The van der Waals surface area contributed by atoms with E-state index in [1.54, 1.807) is 122 Å². The van der Waals surface area contributed by atoms with Gasteiger partial charge in [0.15, 0.2) is 21.1 Å². The number of carbonyl (C=O) groups is 1. The zero-order valence-corrected chi connectivity index (χ0v) is 90.8. The van der Waals surface area contributed by atoms with E-state index in [9.17, 15) is 50.7 Å². The number of rotatable bonds is 30. The van der Waals surface area contributed by atoms with E-state index in [4.69, 9.17) is 58.0 Å². The molecule has 5 atom stereocenters. The molecule has 6 N–H and O–H groups in total. The Bertz CT molecular complexity index is 6500. The lowest BCUT2D eigenvalue weighted by atomic mass is 9.79. The number of halogens is 5. The van der Waals surface area contributed by atoms with Gasteiger partial charge in [-0.05, 0) is 291 Å². The number of carbonyl (C=O) groups excluding carboxylic acids is 1. The first kappa shape index (κ1) is 115. The number of nitrogens with one attached hydrogen (secondary N) is 4. The van der Waals surface area contributed by atoms with E-state index in [0.717, 1.165) is 140 Å². The highest BCUT2D eigenvalue weighted by atomic mass is 79.9. The van der Waals surface area contributed by atoms with Crippen LogP contribution in [0.25, 0.3) is 77.9 Å². The largest absolute Gasteiger partial charge is 0.497 e. The molecule has 0 radical (unpaired) electrons. The maximum atomic E-state index is 13.1. The van der Waals surface area contributed by atoms with Gasteiger partial charge >= 0.3 is 19.1 Å². The van der Waals surface area contributed by atoms with Crippen LogP contribution in [0.5, 0.6) is 40.2 Å². The highest BCUT2D eigenvalue weighted by Crippen LogP contribution is 2.47. The zero-order valence-electron chi connectivity index (χ0n) is 83.0. The molecule has 5 unspecified atom stereocenters. The minimum absolute atomic E-state index is 0.203. The van der Waals surface area contributed by atoms with Crippen molar-refractivity contribution in [1.82, 2.24) is 20.7 Å². The van der Waals surface area contributed by atoms with Crippen molar-refractivity contribution in [3.8, 4) is 118 Å². The Morgan fingerprint density at radius 3 is 0.771 bits per heavy atom. The van der Waals surface area contributed by atoms with Crippen LogP contribution < -0.4 is 85.7 Å². The Morgan fingerprint density at radius 1 is 0.340 bits per heavy atom. The average Bonchev–Trinajstić information content (AvgIpc) is 0.743. The van der Waals surface area contributed by atoms with Crippen molar-refractivity contribution in [1.29, 1.82) is 0 Å². The zero-order chi connectivity index (χ0) is 105. The molecule has 14 aromatic rings. The summed E-state index contributed by atoms with van der Waals surface area (Å²) in [6.07, 6.45) is -2.50. The van der Waals surface area contributed by atoms with Crippen molar-refractivity contribution in [2.24, 2.45) is 0 Å². The third-order valence-electron chi connectivity index (χ3n) is 23.5. The van der Waals surface area contributed by atoms with Gasteiger partial charge in [0.05, 0.1) is 49.8 Å². The Hall–Kier alpha value is -11.0. The lowest BCUT2D eigenvalue weighted by molar-refractivity contribution is -0.175. The molecule has 758 valence electrons. The predicted molar refractivity (Wildman–Crippen MR) is 589 cm³/mol. The first-order valence-corrected chi connectivity index (χ1v) is 59.1. The molecule has 0 spiro atoms. The number of hydrogen-bond acceptors (Lipinski definition) is 18. The molecule has 0 bridgehead atoms. The molecule has 14 aromatic carbocycles. The van der Waals surface area contributed by atoms with Crippen LogP contribution >= 0.6 is 71.4 Å². The summed E-state index contributed by atoms with van der Waals surface area (Å²) in [6.45, 7) is 6.92. The molecule has 22 nitrogen and oxygen atoms in total. The van der Waals surface area contributed by atoms with Crippen molar-refractivity contribution < 1.29 is 97.4 Å². The van der Waals surface area contributed by atoms with Crippen LogP contribution in [-0.2, 0) is 41.2 Å². The molecule has 16 rings (SSSR count). The number of alkyl halides is 3. The fraction of sp³-hybridized carbons (Fsp3) is 0.227. The third-order valence-corrected chi connectivity index (χ3v) is 34.7. The number of benzene rings is 14. The molecule has 0 aromatic heterocycles. The topological polar surface area (TPSA) is 283 Å². The fourth-order valence-corrected chi connectivity index (χ4v) is 22.5. The molecule has 0 heterocycles. The van der Waals surface area contributed by atoms with Crippen LogP contribution in [0.3, 0.4) is 0 Å². The van der Waals surface area contributed by atoms with Crippen LogP contribution in [0.4, 0.5) is 13.2 Å². The minimum atomic E-state index is -4.88. The van der Waals surface area contributed by atoms with E-state index >= 15 is 0 Å². The molecule has 34 heteroatoms. The van der Waals surface area contributed by atoms with Gasteiger partial charge in [-0.2, -0.15) is 13.2 Å². The first-order chi connectivity index (χ1) is 68.6. The molecule has 0 saturated heterocycles. The van der Waals surface area contributed by atoms with E-state index in [0.29, 0.717) is 34.8 Å². The van der Waals surface area contributed by atoms with Crippen molar-refractivity contribution >= 4 is 116 Å². The lowest BCUT2D eigenvalue weighted by Gasteiger charge is -2.38. The van der Waals surface area contributed by atoms with E-state index in [-0.39, 0.29) is 12.1 Å². The Labute approximate surface area is 858 Å². The summed E-state index contributed by atoms with van der Waals surface area (Å²) in [5.41, 5.74) is 15.2. The molecular formula is C110H122BBrClF3N4O18P6. The second kappa shape index (κ2) is 54.5. The monoisotopic (exact) mass is 2150 g/mol. The van der Waals surface area contributed by atoms with E-state index in [1.807, 2.05) is 284 Å². The Kier molecular flexibility index (Phi) is 43.5. The van der Waals surface area contributed by atoms with Crippen molar-refractivity contribution in [2.75, 3.05) is 104 Å². The predicted octanol–water partition coefficient (Wildman–Crippen LogP) is 24.7. The summed E-state index contributed by atoms with van der Waals surface area (Å²) >= 11 is 9.26. The summed E-state index contributed by atoms with van der Waals surface area (Å²) in [5.74, 6) is 3.87. The molecular weight excluding hydrogens is 2030 g/mol. The van der Waals surface area contributed by atoms with Crippen molar-refractivity contribution in [2.45, 2.75) is 62.9 Å². The van der Waals surface area contributed by atoms with Gasteiger partial charge in [0.25, 0.3) is 0 Å². The van der Waals surface area contributed by atoms with Crippen molar-refractivity contribution in [3.05, 3.63) is 344 Å². The summed E-state index contributed by atoms with van der Waals surface area (Å²) in [4.78, 5) is 20.4. The van der Waals surface area contributed by atoms with Gasteiger partial charge in [0.1, 0.15) is 40.2 Å². The highest BCUT2D eigenvalue weighted by Gasteiger charge is 2.43. The standard InChI is InChI=1S/C20H22F3N2O3P.C19H26BN2O3P.2C15H17O3P.C14H14ClO2P.C14H15O3P.C13H11BrO/c1-28-17-7-3-13(4-8-17)14-5-9-18(10-6-14)29(2,27)25-16-11-15(12-16)24-19(26)20(21,22)23;1-20(23)21-16-12-17(13-16)22-26(3,24)19-10-6-15(7-11-19)14-4-8-18(25-2)9-5-14;1-17-14-8-4-12(5-9-14)13-6-10-15(11-7-13)19(3,16)18-2;1-16-14-8-4-12(5-9-14)13-6-10-15(11-7-13)19(17-2)18-3;2*1-17-13-7-3-11(4-8-13)12-5-9-14(10-6-12)18(2,15)16;1-15-13-8-4-11(5-9-13)10-2-6-12(14)7-3-10/h3-10,15-16H,11-12H2,1-2H3,(H,24,26)(H,25,27);4-11,16-17,21,23H,12-13H2,1-3H3,(H,22,24);2*4-11H,1-3H3;3-10H,1-2H3;3-10H,1-2H3,(H,15,16);2-9H,1H3. The summed E-state index contributed by atoms with van der Waals surface area (Å²) in [6, 6.07) is 109. The average molecular weight is 2160 g/mol. The van der Waals surface area contributed by atoms with Crippen LogP contribution in [0.1, 0.15) is 25.7 Å². The van der Waals surface area contributed by atoms with E-state index < -0.39 is 69.4 Å². The number of ether oxygens (including phenoxy) is 7. The molecule has 2 aliphatic rings. The fourth-order valence-electron chi connectivity index (χ4n) is 15.1. The smallest absolute Gasteiger partial charge is 0.471 e. The Balaban J connectivity index is 0.000000174. The van der Waals surface area contributed by atoms with Gasteiger partial charge in [-0.1, -0.05) is 186 Å².